The molecule has 3 rings (SSSR count). The van der Waals surface area contributed by atoms with Gasteiger partial charge in [-0.05, 0) is 27.6 Å². The molecule has 0 fully saturated rings. The predicted molar refractivity (Wildman–Crippen MR) is 101 cm³/mol. The van der Waals surface area contributed by atoms with E-state index >= 15 is 0 Å². The molecule has 0 saturated carbocycles. The molecule has 25 heavy (non-hydrogen) atoms. The number of carbonyl (C=O) groups is 1. The number of anilines is 1. The molecule has 1 N–H and O–H groups in total. The van der Waals surface area contributed by atoms with Gasteiger partial charge in [-0.15, -0.1) is 0 Å². The zero-order valence-electron chi connectivity index (χ0n) is 13.0. The fourth-order valence-corrected chi connectivity index (χ4v) is 3.00. The number of hydrogen-bond donors (Lipinski definition) is 1. The number of hydrogen-bond acceptors (Lipinski definition) is 3. The maximum Gasteiger partial charge on any atom is 0.227 e. The van der Waals surface area contributed by atoms with E-state index in [0.29, 0.717) is 33.4 Å². The van der Waals surface area contributed by atoms with Crippen molar-refractivity contribution in [1.29, 1.82) is 0 Å². The second kappa shape index (κ2) is 8.03. The van der Waals surface area contributed by atoms with E-state index < -0.39 is 0 Å². The Balaban J connectivity index is 1.60. The standard InChI is InChI=1S/C16H14BrCl2N5O/c17-13-10-24(8-11-3-1-2-4-14(11)19)22-16(13)21-15(25)5-6-23-9-12(18)7-20-23/h1-4,7,9-10H,5-6,8H2,(H,21,22,25). The Hall–Kier alpha value is -1.83. The van der Waals surface area contributed by atoms with Crippen LogP contribution in [0.5, 0.6) is 0 Å². The van der Waals surface area contributed by atoms with E-state index in [9.17, 15) is 4.79 Å². The largest absolute Gasteiger partial charge is 0.308 e. The molecule has 0 saturated heterocycles. The molecule has 0 unspecified atom stereocenters. The molecule has 2 heterocycles. The Morgan fingerprint density at radius 3 is 2.72 bits per heavy atom. The second-order valence-corrected chi connectivity index (χ2v) is 7.03. The van der Waals surface area contributed by atoms with Crippen LogP contribution in [0.3, 0.4) is 0 Å². The van der Waals surface area contributed by atoms with Gasteiger partial charge in [0.2, 0.25) is 5.91 Å². The van der Waals surface area contributed by atoms with Gasteiger partial charge >= 0.3 is 0 Å². The van der Waals surface area contributed by atoms with E-state index in [4.69, 9.17) is 23.2 Å². The second-order valence-electron chi connectivity index (χ2n) is 5.33. The van der Waals surface area contributed by atoms with Gasteiger partial charge in [0.25, 0.3) is 0 Å². The summed E-state index contributed by atoms with van der Waals surface area (Å²) in [5.74, 6) is 0.311. The molecule has 3 aromatic rings. The fourth-order valence-electron chi connectivity index (χ4n) is 2.24. The first-order valence-electron chi connectivity index (χ1n) is 7.45. The molecule has 9 heteroatoms. The highest BCUT2D eigenvalue weighted by atomic mass is 79.9. The summed E-state index contributed by atoms with van der Waals surface area (Å²) in [6.07, 6.45) is 5.27. The average molecular weight is 443 g/mol. The zero-order chi connectivity index (χ0) is 17.8. The van der Waals surface area contributed by atoms with Gasteiger partial charge in [0.05, 0.1) is 22.2 Å². The van der Waals surface area contributed by atoms with E-state index in [1.807, 2.05) is 24.3 Å². The molecular weight excluding hydrogens is 429 g/mol. The third-order valence-electron chi connectivity index (χ3n) is 3.43. The number of rotatable bonds is 6. The lowest BCUT2D eigenvalue weighted by atomic mass is 10.2. The van der Waals surface area contributed by atoms with Crippen molar-refractivity contribution >= 4 is 50.9 Å². The molecule has 0 spiro atoms. The fraction of sp³-hybridized carbons (Fsp3) is 0.188. The van der Waals surface area contributed by atoms with Crippen molar-refractivity contribution in [1.82, 2.24) is 19.6 Å². The first-order chi connectivity index (χ1) is 12.0. The number of benzene rings is 1. The van der Waals surface area contributed by atoms with Crippen molar-refractivity contribution in [3.8, 4) is 0 Å². The van der Waals surface area contributed by atoms with Crippen molar-refractivity contribution < 1.29 is 4.79 Å². The van der Waals surface area contributed by atoms with Crippen molar-refractivity contribution in [2.45, 2.75) is 19.5 Å². The van der Waals surface area contributed by atoms with E-state index in [-0.39, 0.29) is 12.3 Å². The number of nitrogens with zero attached hydrogens (tertiary/aromatic N) is 4. The Morgan fingerprint density at radius 2 is 2.00 bits per heavy atom. The van der Waals surface area contributed by atoms with Crippen LogP contribution in [-0.4, -0.2) is 25.5 Å². The Bertz CT molecular complexity index is 892. The van der Waals surface area contributed by atoms with Gasteiger partial charge in [-0.25, -0.2) is 0 Å². The van der Waals surface area contributed by atoms with Crippen LogP contribution in [0.1, 0.15) is 12.0 Å². The maximum atomic E-state index is 12.1. The average Bonchev–Trinajstić information content (AvgIpc) is 3.14. The molecule has 1 amide bonds. The van der Waals surface area contributed by atoms with Crippen LogP contribution in [0.15, 0.2) is 47.3 Å². The van der Waals surface area contributed by atoms with Gasteiger partial charge in [-0.1, -0.05) is 41.4 Å². The van der Waals surface area contributed by atoms with Crippen molar-refractivity contribution in [3.63, 3.8) is 0 Å². The number of aromatic nitrogens is 4. The minimum Gasteiger partial charge on any atom is -0.308 e. The molecule has 130 valence electrons. The Kier molecular flexibility index (Phi) is 5.78. The summed E-state index contributed by atoms with van der Waals surface area (Å²) in [5.41, 5.74) is 0.951. The van der Waals surface area contributed by atoms with Crippen LogP contribution in [0, 0.1) is 0 Å². The van der Waals surface area contributed by atoms with Gasteiger partial charge in [0.1, 0.15) is 0 Å². The summed E-state index contributed by atoms with van der Waals surface area (Å²) >= 11 is 15.4. The minimum absolute atomic E-state index is 0.157. The smallest absolute Gasteiger partial charge is 0.227 e. The lowest BCUT2D eigenvalue weighted by Crippen LogP contribution is -2.15. The summed E-state index contributed by atoms with van der Waals surface area (Å²) in [5, 5.41) is 12.4. The van der Waals surface area contributed by atoms with E-state index in [2.05, 4.69) is 31.4 Å². The number of amides is 1. The number of carbonyl (C=O) groups excluding carboxylic acids is 1. The van der Waals surface area contributed by atoms with Crippen molar-refractivity contribution in [2.24, 2.45) is 0 Å². The third-order valence-corrected chi connectivity index (χ3v) is 4.58. The topological polar surface area (TPSA) is 64.7 Å². The van der Waals surface area contributed by atoms with Crippen LogP contribution >= 0.6 is 39.1 Å². The quantitative estimate of drug-likeness (QED) is 0.621. The van der Waals surface area contributed by atoms with Crippen LogP contribution in [0.2, 0.25) is 10.0 Å². The van der Waals surface area contributed by atoms with Gasteiger partial charge in [-0.3, -0.25) is 14.2 Å². The van der Waals surface area contributed by atoms with Gasteiger partial charge in [0, 0.05) is 30.4 Å². The lowest BCUT2D eigenvalue weighted by molar-refractivity contribution is -0.116. The molecule has 0 bridgehead atoms. The normalized spacial score (nSPS) is 10.8. The Labute approximate surface area is 162 Å². The van der Waals surface area contributed by atoms with Crippen LogP contribution in [0.4, 0.5) is 5.82 Å². The summed E-state index contributed by atoms with van der Waals surface area (Å²) in [7, 11) is 0. The number of nitrogens with one attached hydrogen (secondary N) is 1. The minimum atomic E-state index is -0.157. The van der Waals surface area contributed by atoms with Crippen LogP contribution in [0.25, 0.3) is 0 Å². The monoisotopic (exact) mass is 441 g/mol. The van der Waals surface area contributed by atoms with Gasteiger partial charge in [0.15, 0.2) is 5.82 Å². The number of halogens is 3. The zero-order valence-corrected chi connectivity index (χ0v) is 16.1. The lowest BCUT2D eigenvalue weighted by Gasteiger charge is -2.05. The summed E-state index contributed by atoms with van der Waals surface area (Å²) in [4.78, 5) is 12.1. The molecule has 6 nitrogen and oxygen atoms in total. The van der Waals surface area contributed by atoms with E-state index in [0.717, 1.165) is 5.56 Å². The highest BCUT2D eigenvalue weighted by molar-refractivity contribution is 9.10. The van der Waals surface area contributed by atoms with Gasteiger partial charge in [-0.2, -0.15) is 10.2 Å². The van der Waals surface area contributed by atoms with E-state index in [1.54, 1.807) is 21.8 Å². The molecule has 0 aliphatic rings. The van der Waals surface area contributed by atoms with Crippen LogP contribution in [-0.2, 0) is 17.9 Å². The maximum absolute atomic E-state index is 12.1. The first-order valence-corrected chi connectivity index (χ1v) is 9.00. The summed E-state index contributed by atoms with van der Waals surface area (Å²) < 4.78 is 4.04. The van der Waals surface area contributed by atoms with Crippen LogP contribution < -0.4 is 5.32 Å². The SMILES string of the molecule is O=C(CCn1cc(Cl)cn1)Nc1nn(Cc2ccccc2Cl)cc1Br. The molecule has 2 aromatic heterocycles. The Morgan fingerprint density at radius 1 is 1.20 bits per heavy atom. The van der Waals surface area contributed by atoms with Gasteiger partial charge < -0.3 is 5.32 Å². The molecule has 0 radical (unpaired) electrons. The van der Waals surface area contributed by atoms with Crippen molar-refractivity contribution in [3.05, 3.63) is 62.9 Å². The number of aryl methyl sites for hydroxylation is 1. The highest BCUT2D eigenvalue weighted by Crippen LogP contribution is 2.22. The predicted octanol–water partition coefficient (Wildman–Crippen LogP) is 4.23. The molecule has 0 aliphatic carbocycles. The third kappa shape index (κ3) is 4.84. The first kappa shape index (κ1) is 18.0. The summed E-state index contributed by atoms with van der Waals surface area (Å²) in [6, 6.07) is 7.57. The molecular formula is C16H14BrCl2N5O. The molecule has 1 aromatic carbocycles. The van der Waals surface area contributed by atoms with Crippen molar-refractivity contribution in [2.75, 3.05) is 5.32 Å². The molecule has 0 atom stereocenters. The highest BCUT2D eigenvalue weighted by Gasteiger charge is 2.11. The molecule has 0 aliphatic heterocycles. The summed E-state index contributed by atoms with van der Waals surface area (Å²) in [6.45, 7) is 0.955. The van der Waals surface area contributed by atoms with E-state index in [1.165, 1.54) is 6.20 Å².